The molecule has 1 aromatic carbocycles. The Morgan fingerprint density at radius 3 is 2.29 bits per heavy atom. The molecule has 1 rings (SSSR count). The minimum Gasteiger partial charge on any atom is -0.353 e. The number of benzene rings is 1. The molecule has 0 heterocycles. The molecule has 0 bridgehead atoms. The summed E-state index contributed by atoms with van der Waals surface area (Å²) in [5.41, 5.74) is 7.23. The van der Waals surface area contributed by atoms with E-state index >= 15 is 0 Å². The zero-order valence-electron chi connectivity index (χ0n) is 13.3. The van der Waals surface area contributed by atoms with Gasteiger partial charge < -0.3 is 11.1 Å². The van der Waals surface area contributed by atoms with E-state index in [2.05, 4.69) is 10.2 Å². The highest BCUT2D eigenvalue weighted by atomic mass is 35.5. The van der Waals surface area contributed by atoms with E-state index in [1.807, 2.05) is 52.0 Å². The summed E-state index contributed by atoms with van der Waals surface area (Å²) in [6, 6.07) is 7.70. The lowest BCUT2D eigenvalue weighted by Gasteiger charge is -2.33. The van der Waals surface area contributed by atoms with Crippen LogP contribution in [0.3, 0.4) is 0 Å². The molecule has 1 amide bonds. The molecule has 0 saturated carbocycles. The van der Waals surface area contributed by atoms with E-state index in [-0.39, 0.29) is 24.0 Å². The number of amides is 1. The highest BCUT2D eigenvalue weighted by Crippen LogP contribution is 2.24. The molecule has 4 nitrogen and oxygen atoms in total. The molecule has 0 aromatic heterocycles. The van der Waals surface area contributed by atoms with Crippen molar-refractivity contribution in [3.8, 4) is 0 Å². The van der Waals surface area contributed by atoms with Gasteiger partial charge in [-0.25, -0.2) is 0 Å². The molecule has 3 N–H and O–H groups in total. The van der Waals surface area contributed by atoms with Gasteiger partial charge in [-0.15, -0.1) is 0 Å². The summed E-state index contributed by atoms with van der Waals surface area (Å²) in [4.78, 5) is 14.1. The van der Waals surface area contributed by atoms with Crippen LogP contribution in [0.25, 0.3) is 0 Å². The number of rotatable bonds is 7. The number of carbonyl (C=O) groups excluding carboxylic acids is 1. The number of nitrogens with zero attached hydrogens (tertiary/aromatic N) is 1. The molecule has 0 aliphatic carbocycles. The Morgan fingerprint density at radius 2 is 1.86 bits per heavy atom. The van der Waals surface area contributed by atoms with Gasteiger partial charge >= 0.3 is 0 Å². The first-order valence-corrected chi connectivity index (χ1v) is 7.77. The Labute approximate surface area is 132 Å². The number of hydrogen-bond acceptors (Lipinski definition) is 3. The first-order valence-electron chi connectivity index (χ1n) is 7.39. The molecule has 1 aromatic rings. The Hall–Kier alpha value is -1.10. The molecule has 118 valence electrons. The fourth-order valence-corrected chi connectivity index (χ4v) is 2.59. The molecule has 0 aliphatic heterocycles. The van der Waals surface area contributed by atoms with Gasteiger partial charge in [0, 0.05) is 17.1 Å². The van der Waals surface area contributed by atoms with Crippen molar-refractivity contribution in [1.82, 2.24) is 10.2 Å². The number of hydrogen-bond donors (Lipinski definition) is 2. The highest BCUT2D eigenvalue weighted by molar-refractivity contribution is 6.30. The van der Waals surface area contributed by atoms with E-state index in [0.717, 1.165) is 12.1 Å². The Bertz CT molecular complexity index is 445. The van der Waals surface area contributed by atoms with E-state index in [4.69, 9.17) is 17.3 Å². The van der Waals surface area contributed by atoms with E-state index in [9.17, 15) is 4.79 Å². The largest absolute Gasteiger partial charge is 0.353 e. The lowest BCUT2D eigenvalue weighted by atomic mass is 9.99. The normalized spacial score (nSPS) is 14.3. The van der Waals surface area contributed by atoms with Gasteiger partial charge in [-0.3, -0.25) is 9.69 Å². The number of nitrogens with one attached hydrogen (secondary N) is 1. The Balaban J connectivity index is 2.90. The Kier molecular flexibility index (Phi) is 7.15. The summed E-state index contributed by atoms with van der Waals surface area (Å²) in [5, 5.41) is 3.62. The predicted molar refractivity (Wildman–Crippen MR) is 88.4 cm³/mol. The second kappa shape index (κ2) is 8.37. The van der Waals surface area contributed by atoms with Crippen molar-refractivity contribution in [2.45, 2.75) is 45.8 Å². The van der Waals surface area contributed by atoms with Crippen molar-refractivity contribution >= 4 is 17.5 Å². The minimum atomic E-state index is -0.0852. The van der Waals surface area contributed by atoms with Gasteiger partial charge in [0.1, 0.15) is 0 Å². The van der Waals surface area contributed by atoms with Crippen LogP contribution in [0.1, 0.15) is 39.3 Å². The number of halogens is 1. The first-order chi connectivity index (χ1) is 9.85. The van der Waals surface area contributed by atoms with Gasteiger partial charge in [0.2, 0.25) is 5.91 Å². The van der Waals surface area contributed by atoms with Gasteiger partial charge in [-0.1, -0.05) is 30.7 Å². The molecule has 21 heavy (non-hydrogen) atoms. The molecule has 2 unspecified atom stereocenters. The van der Waals surface area contributed by atoms with E-state index in [1.165, 1.54) is 0 Å². The monoisotopic (exact) mass is 311 g/mol. The smallest absolute Gasteiger partial charge is 0.234 e. The molecule has 0 radical (unpaired) electrons. The summed E-state index contributed by atoms with van der Waals surface area (Å²) in [6.45, 7) is 8.99. The maximum atomic E-state index is 12.0. The fraction of sp³-hybridized carbons (Fsp3) is 0.562. The van der Waals surface area contributed by atoms with Gasteiger partial charge in [0.25, 0.3) is 0 Å². The third-order valence-electron chi connectivity index (χ3n) is 3.31. The maximum absolute atomic E-state index is 12.0. The fourth-order valence-electron chi connectivity index (χ4n) is 2.47. The van der Waals surface area contributed by atoms with Crippen LogP contribution >= 0.6 is 11.6 Å². The molecule has 0 saturated heterocycles. The average Bonchev–Trinajstić information content (AvgIpc) is 2.38. The molecule has 0 aliphatic rings. The van der Waals surface area contributed by atoms with E-state index in [1.54, 1.807) is 0 Å². The lowest BCUT2D eigenvalue weighted by Crippen LogP contribution is -2.45. The zero-order valence-corrected chi connectivity index (χ0v) is 14.0. The van der Waals surface area contributed by atoms with Crippen LogP contribution in [0.15, 0.2) is 24.3 Å². The highest BCUT2D eigenvalue weighted by Gasteiger charge is 2.24. The minimum absolute atomic E-state index is 0.00909. The first kappa shape index (κ1) is 18.0. The SMILES string of the molecule is CCN(CC(=O)NC(C)C)C(c1ccc(Cl)cc1)C(C)N. The second-order valence-corrected chi connectivity index (χ2v) is 6.08. The molecular weight excluding hydrogens is 286 g/mol. The van der Waals surface area contributed by atoms with Gasteiger partial charge in [-0.05, 0) is 45.0 Å². The molecular formula is C16H26ClN3O. The quantitative estimate of drug-likeness (QED) is 0.813. The number of likely N-dealkylation sites (N-methyl/N-ethyl adjacent to an activating group) is 1. The van der Waals surface area contributed by atoms with Crippen LogP contribution in [0.2, 0.25) is 5.02 Å². The summed E-state index contributed by atoms with van der Waals surface area (Å²) in [5.74, 6) is 0.0199. The molecule has 2 atom stereocenters. The predicted octanol–water partition coefficient (Wildman–Crippen LogP) is 2.57. The number of carbonyl (C=O) groups is 1. The lowest BCUT2D eigenvalue weighted by molar-refractivity contribution is -0.123. The van der Waals surface area contributed by atoms with E-state index < -0.39 is 0 Å². The van der Waals surface area contributed by atoms with Crippen molar-refractivity contribution in [2.75, 3.05) is 13.1 Å². The summed E-state index contributed by atoms with van der Waals surface area (Å²) < 4.78 is 0. The molecule has 0 fully saturated rings. The third kappa shape index (κ3) is 5.65. The Morgan fingerprint density at radius 1 is 1.29 bits per heavy atom. The third-order valence-corrected chi connectivity index (χ3v) is 3.56. The van der Waals surface area contributed by atoms with E-state index in [0.29, 0.717) is 11.6 Å². The van der Waals surface area contributed by atoms with Crippen molar-refractivity contribution in [2.24, 2.45) is 5.73 Å². The van der Waals surface area contributed by atoms with Crippen LogP contribution in [0, 0.1) is 0 Å². The van der Waals surface area contributed by atoms with Crippen LogP contribution in [-0.2, 0) is 4.79 Å². The second-order valence-electron chi connectivity index (χ2n) is 5.64. The standard InChI is InChI=1S/C16H26ClN3O/c1-5-20(10-15(21)19-11(2)3)16(12(4)18)13-6-8-14(17)9-7-13/h6-9,11-12,16H,5,10,18H2,1-4H3,(H,19,21). The van der Waals surface area contributed by atoms with Crippen molar-refractivity contribution in [3.05, 3.63) is 34.9 Å². The topological polar surface area (TPSA) is 58.4 Å². The summed E-state index contributed by atoms with van der Waals surface area (Å²) >= 11 is 5.94. The van der Waals surface area contributed by atoms with Crippen LogP contribution in [0.5, 0.6) is 0 Å². The van der Waals surface area contributed by atoms with Crippen LogP contribution in [-0.4, -0.2) is 36.0 Å². The van der Waals surface area contributed by atoms with Crippen molar-refractivity contribution in [1.29, 1.82) is 0 Å². The number of nitrogens with two attached hydrogens (primary N) is 1. The maximum Gasteiger partial charge on any atom is 0.234 e. The van der Waals surface area contributed by atoms with Crippen LogP contribution < -0.4 is 11.1 Å². The zero-order chi connectivity index (χ0) is 16.0. The molecule has 5 heteroatoms. The van der Waals surface area contributed by atoms with Gasteiger partial charge in [0.05, 0.1) is 12.6 Å². The van der Waals surface area contributed by atoms with Crippen molar-refractivity contribution < 1.29 is 4.79 Å². The summed E-state index contributed by atoms with van der Waals surface area (Å²) in [7, 11) is 0. The summed E-state index contributed by atoms with van der Waals surface area (Å²) in [6.07, 6.45) is 0. The van der Waals surface area contributed by atoms with Gasteiger partial charge in [-0.2, -0.15) is 0 Å². The van der Waals surface area contributed by atoms with Crippen LogP contribution in [0.4, 0.5) is 0 Å². The molecule has 0 spiro atoms. The van der Waals surface area contributed by atoms with Gasteiger partial charge in [0.15, 0.2) is 0 Å². The van der Waals surface area contributed by atoms with Crippen molar-refractivity contribution in [3.63, 3.8) is 0 Å². The average molecular weight is 312 g/mol.